The highest BCUT2D eigenvalue weighted by Crippen LogP contribution is 2.36. The van der Waals surface area contributed by atoms with Gasteiger partial charge in [0.2, 0.25) is 0 Å². The fraction of sp³-hybridized carbons (Fsp3) is 0.235. The number of carbonyl (C=O) groups is 1. The van der Waals surface area contributed by atoms with Crippen molar-refractivity contribution in [2.45, 2.75) is 6.18 Å². The molecule has 0 saturated carbocycles. The number of methoxy groups -OCH3 is 1. The molecular formula is C17H16ClF3N2O3. The normalized spacial score (nSPS) is 11.0. The number of amides is 2. The van der Waals surface area contributed by atoms with Crippen LogP contribution in [0.15, 0.2) is 42.5 Å². The summed E-state index contributed by atoms with van der Waals surface area (Å²) in [4.78, 5) is 11.8. The number of para-hydroxylation sites is 2. The van der Waals surface area contributed by atoms with Crippen LogP contribution >= 0.6 is 11.6 Å². The second kappa shape index (κ2) is 8.66. The Kier molecular flexibility index (Phi) is 6.57. The zero-order chi connectivity index (χ0) is 19.2. The van der Waals surface area contributed by atoms with Crippen molar-refractivity contribution in [3.8, 4) is 11.5 Å². The SMILES string of the molecule is COc1ccccc1OCCNC(=O)Nc1ccc(Cl)c(C(F)(F)F)c1. The standard InChI is InChI=1S/C17H16ClF3N2O3/c1-25-14-4-2-3-5-15(14)26-9-8-22-16(24)23-11-6-7-13(18)12(10-11)17(19,20)21/h2-7,10H,8-9H2,1H3,(H2,22,23,24). The highest BCUT2D eigenvalue weighted by atomic mass is 35.5. The Balaban J connectivity index is 1.84. The van der Waals surface area contributed by atoms with Crippen molar-refractivity contribution in [2.75, 3.05) is 25.6 Å². The third-order valence-corrected chi connectivity index (χ3v) is 3.57. The van der Waals surface area contributed by atoms with Gasteiger partial charge in [-0.25, -0.2) is 4.79 Å². The van der Waals surface area contributed by atoms with Crippen LogP contribution in [0.3, 0.4) is 0 Å². The first-order valence-electron chi connectivity index (χ1n) is 7.48. The van der Waals surface area contributed by atoms with Crippen LogP contribution in [0.4, 0.5) is 23.7 Å². The highest BCUT2D eigenvalue weighted by Gasteiger charge is 2.33. The minimum atomic E-state index is -4.60. The summed E-state index contributed by atoms with van der Waals surface area (Å²) in [6.45, 7) is 0.297. The molecular weight excluding hydrogens is 373 g/mol. The number of urea groups is 1. The largest absolute Gasteiger partial charge is 0.493 e. The maximum atomic E-state index is 12.8. The number of ether oxygens (including phenoxy) is 2. The molecule has 0 atom stereocenters. The Morgan fingerprint density at radius 2 is 1.85 bits per heavy atom. The van der Waals surface area contributed by atoms with Gasteiger partial charge < -0.3 is 20.1 Å². The maximum absolute atomic E-state index is 12.8. The van der Waals surface area contributed by atoms with Gasteiger partial charge in [0.1, 0.15) is 6.61 Å². The van der Waals surface area contributed by atoms with Crippen LogP contribution < -0.4 is 20.1 Å². The van der Waals surface area contributed by atoms with Crippen molar-refractivity contribution < 1.29 is 27.4 Å². The molecule has 2 N–H and O–H groups in total. The molecule has 140 valence electrons. The molecule has 2 aromatic rings. The van der Waals surface area contributed by atoms with Gasteiger partial charge >= 0.3 is 12.2 Å². The molecule has 0 aromatic heterocycles. The predicted molar refractivity (Wildman–Crippen MR) is 92.0 cm³/mol. The molecule has 0 heterocycles. The van der Waals surface area contributed by atoms with E-state index in [1.54, 1.807) is 24.3 Å². The molecule has 5 nitrogen and oxygen atoms in total. The molecule has 2 rings (SSSR count). The van der Waals surface area contributed by atoms with E-state index >= 15 is 0 Å². The molecule has 26 heavy (non-hydrogen) atoms. The molecule has 0 fully saturated rings. The van der Waals surface area contributed by atoms with Crippen molar-refractivity contribution in [1.82, 2.24) is 5.32 Å². The second-order valence-corrected chi connectivity index (χ2v) is 5.48. The van der Waals surface area contributed by atoms with Gasteiger partial charge in [0.05, 0.1) is 24.2 Å². The van der Waals surface area contributed by atoms with Crippen LogP contribution in [0.1, 0.15) is 5.56 Å². The van der Waals surface area contributed by atoms with E-state index in [1.807, 2.05) is 0 Å². The Morgan fingerprint density at radius 1 is 1.15 bits per heavy atom. The first kappa shape index (κ1) is 19.7. The highest BCUT2D eigenvalue weighted by molar-refractivity contribution is 6.31. The summed E-state index contributed by atoms with van der Waals surface area (Å²) in [7, 11) is 1.51. The summed E-state index contributed by atoms with van der Waals surface area (Å²) in [6.07, 6.45) is -4.60. The summed E-state index contributed by atoms with van der Waals surface area (Å²) in [5, 5.41) is 4.36. The summed E-state index contributed by atoms with van der Waals surface area (Å²) in [5.74, 6) is 1.07. The summed E-state index contributed by atoms with van der Waals surface area (Å²) < 4.78 is 49.0. The number of benzene rings is 2. The molecule has 0 spiro atoms. The number of carbonyl (C=O) groups excluding carboxylic acids is 1. The van der Waals surface area contributed by atoms with E-state index in [-0.39, 0.29) is 18.8 Å². The molecule has 0 aliphatic rings. The van der Waals surface area contributed by atoms with Crippen LogP contribution in [-0.2, 0) is 6.18 Å². The zero-order valence-electron chi connectivity index (χ0n) is 13.7. The number of hydrogen-bond donors (Lipinski definition) is 2. The van der Waals surface area contributed by atoms with Crippen LogP contribution in [0.5, 0.6) is 11.5 Å². The van der Waals surface area contributed by atoms with E-state index in [0.29, 0.717) is 11.5 Å². The third kappa shape index (κ3) is 5.45. The Bertz CT molecular complexity index is 769. The number of rotatable bonds is 6. The van der Waals surface area contributed by atoms with Crippen LogP contribution in [-0.4, -0.2) is 26.3 Å². The lowest BCUT2D eigenvalue weighted by Crippen LogP contribution is -2.32. The lowest BCUT2D eigenvalue weighted by Gasteiger charge is -2.13. The summed E-state index contributed by atoms with van der Waals surface area (Å²) in [5.41, 5.74) is -1.04. The lowest BCUT2D eigenvalue weighted by molar-refractivity contribution is -0.137. The fourth-order valence-electron chi connectivity index (χ4n) is 2.06. The molecule has 2 aromatic carbocycles. The smallest absolute Gasteiger partial charge is 0.417 e. The van der Waals surface area contributed by atoms with Crippen molar-refractivity contribution in [3.05, 3.63) is 53.1 Å². The number of alkyl halides is 3. The van der Waals surface area contributed by atoms with Gasteiger partial charge in [-0.1, -0.05) is 23.7 Å². The average Bonchev–Trinajstić information content (AvgIpc) is 2.59. The Hall–Kier alpha value is -2.61. The number of hydrogen-bond acceptors (Lipinski definition) is 3. The molecule has 0 unspecified atom stereocenters. The molecule has 0 bridgehead atoms. The van der Waals surface area contributed by atoms with Crippen molar-refractivity contribution in [3.63, 3.8) is 0 Å². The van der Waals surface area contributed by atoms with E-state index < -0.39 is 22.8 Å². The average molecular weight is 389 g/mol. The first-order valence-corrected chi connectivity index (χ1v) is 7.86. The minimum Gasteiger partial charge on any atom is -0.493 e. The lowest BCUT2D eigenvalue weighted by atomic mass is 10.2. The molecule has 0 aliphatic carbocycles. The molecule has 2 amide bonds. The van der Waals surface area contributed by atoms with E-state index in [9.17, 15) is 18.0 Å². The summed E-state index contributed by atoms with van der Waals surface area (Å²) in [6, 6.07) is 9.47. The van der Waals surface area contributed by atoms with E-state index in [1.165, 1.54) is 13.2 Å². The van der Waals surface area contributed by atoms with Gasteiger partial charge in [0.15, 0.2) is 11.5 Å². The minimum absolute atomic E-state index is 0.0233. The monoisotopic (exact) mass is 388 g/mol. The topological polar surface area (TPSA) is 59.6 Å². The Labute approximate surface area is 153 Å². The van der Waals surface area contributed by atoms with E-state index in [0.717, 1.165) is 12.1 Å². The molecule has 0 aliphatic heterocycles. The molecule has 9 heteroatoms. The molecule has 0 saturated heterocycles. The predicted octanol–water partition coefficient (Wildman–Crippen LogP) is 4.57. The van der Waals surface area contributed by atoms with Crippen LogP contribution in [0.2, 0.25) is 5.02 Å². The van der Waals surface area contributed by atoms with Gasteiger partial charge in [-0.3, -0.25) is 0 Å². The number of anilines is 1. The van der Waals surface area contributed by atoms with Gasteiger partial charge in [-0.15, -0.1) is 0 Å². The van der Waals surface area contributed by atoms with Crippen molar-refractivity contribution in [1.29, 1.82) is 0 Å². The number of nitrogens with one attached hydrogen (secondary N) is 2. The zero-order valence-corrected chi connectivity index (χ0v) is 14.4. The fourth-order valence-corrected chi connectivity index (χ4v) is 2.28. The van der Waals surface area contributed by atoms with Gasteiger partial charge in [-0.05, 0) is 30.3 Å². The quantitative estimate of drug-likeness (QED) is 0.713. The second-order valence-electron chi connectivity index (χ2n) is 5.07. The van der Waals surface area contributed by atoms with E-state index in [2.05, 4.69) is 10.6 Å². The van der Waals surface area contributed by atoms with E-state index in [4.69, 9.17) is 21.1 Å². The van der Waals surface area contributed by atoms with Crippen LogP contribution in [0, 0.1) is 0 Å². The van der Waals surface area contributed by atoms with Crippen LogP contribution in [0.25, 0.3) is 0 Å². The van der Waals surface area contributed by atoms with Crippen molar-refractivity contribution in [2.24, 2.45) is 0 Å². The molecule has 0 radical (unpaired) electrons. The maximum Gasteiger partial charge on any atom is 0.417 e. The Morgan fingerprint density at radius 3 is 2.50 bits per heavy atom. The van der Waals surface area contributed by atoms with Gasteiger partial charge in [0.25, 0.3) is 0 Å². The van der Waals surface area contributed by atoms with Gasteiger partial charge in [-0.2, -0.15) is 13.2 Å². The van der Waals surface area contributed by atoms with Gasteiger partial charge in [0, 0.05) is 5.69 Å². The first-order chi connectivity index (χ1) is 12.3. The summed E-state index contributed by atoms with van der Waals surface area (Å²) >= 11 is 5.53. The third-order valence-electron chi connectivity index (χ3n) is 3.24. The number of halogens is 4. The van der Waals surface area contributed by atoms with Crippen molar-refractivity contribution >= 4 is 23.3 Å².